The van der Waals surface area contributed by atoms with Gasteiger partial charge in [-0.3, -0.25) is 0 Å². The summed E-state index contributed by atoms with van der Waals surface area (Å²) in [5.74, 6) is 0. The average Bonchev–Trinajstić information content (AvgIpc) is 1.87. The molecule has 1 amide bonds. The molecule has 0 heterocycles. The summed E-state index contributed by atoms with van der Waals surface area (Å²) in [5.41, 5.74) is 0. The molecule has 0 aliphatic rings. The lowest BCUT2D eigenvalue weighted by Crippen LogP contribution is -2.22. The van der Waals surface area contributed by atoms with Crippen LogP contribution in [0.1, 0.15) is 6.92 Å². The third kappa shape index (κ3) is 3.58. The van der Waals surface area contributed by atoms with E-state index in [9.17, 15) is 4.79 Å². The molecule has 0 saturated heterocycles. The summed E-state index contributed by atoms with van der Waals surface area (Å²) in [5, 5.41) is 2.32. The molecule has 52 valence electrons. The van der Waals surface area contributed by atoms with Gasteiger partial charge in [0, 0.05) is 7.05 Å². The van der Waals surface area contributed by atoms with E-state index in [1.807, 2.05) is 0 Å². The van der Waals surface area contributed by atoms with E-state index in [0.717, 1.165) is 0 Å². The highest BCUT2D eigenvalue weighted by atomic mass is 16.6. The molecular weight excluding hydrogens is 118 g/mol. The zero-order chi connectivity index (χ0) is 7.28. The van der Waals surface area contributed by atoms with Crippen LogP contribution >= 0.6 is 0 Å². The second-order valence-electron chi connectivity index (χ2n) is 1.60. The van der Waals surface area contributed by atoms with Crippen molar-refractivity contribution in [2.75, 3.05) is 7.05 Å². The van der Waals surface area contributed by atoms with Crippen molar-refractivity contribution in [1.82, 2.24) is 5.32 Å². The molecule has 0 aliphatic heterocycles. The fourth-order valence-electron chi connectivity index (χ4n) is 0.276. The van der Waals surface area contributed by atoms with Crippen LogP contribution in [-0.4, -0.2) is 19.2 Å². The molecule has 1 N–H and O–H groups in total. The molecule has 0 fully saturated rings. The van der Waals surface area contributed by atoms with Gasteiger partial charge in [0.05, 0.1) is 0 Å². The van der Waals surface area contributed by atoms with Crippen molar-refractivity contribution in [2.45, 2.75) is 13.0 Å². The first-order valence-corrected chi connectivity index (χ1v) is 2.71. The number of amides is 1. The molecule has 0 aromatic heterocycles. The Labute approximate surface area is 54.7 Å². The summed E-state index contributed by atoms with van der Waals surface area (Å²) in [7, 11) is 1.51. The van der Waals surface area contributed by atoms with Crippen LogP contribution in [-0.2, 0) is 4.74 Å². The van der Waals surface area contributed by atoms with Gasteiger partial charge in [0.25, 0.3) is 0 Å². The smallest absolute Gasteiger partial charge is 0.407 e. The minimum atomic E-state index is -0.428. The first kappa shape index (κ1) is 8.01. The van der Waals surface area contributed by atoms with Crippen molar-refractivity contribution in [1.29, 1.82) is 0 Å². The maximum absolute atomic E-state index is 10.4. The van der Waals surface area contributed by atoms with Crippen molar-refractivity contribution >= 4 is 6.09 Å². The van der Waals surface area contributed by atoms with Gasteiger partial charge in [0.2, 0.25) is 0 Å². The lowest BCUT2D eigenvalue weighted by molar-refractivity contribution is 0.129. The average molecular weight is 129 g/mol. The molecule has 1 unspecified atom stereocenters. The Morgan fingerprint density at radius 2 is 2.44 bits per heavy atom. The zero-order valence-corrected chi connectivity index (χ0v) is 5.68. The van der Waals surface area contributed by atoms with Crippen LogP contribution in [0.4, 0.5) is 4.79 Å². The molecule has 1 atom stereocenters. The fourth-order valence-corrected chi connectivity index (χ4v) is 0.276. The highest BCUT2D eigenvalue weighted by Gasteiger charge is 2.00. The predicted molar refractivity (Wildman–Crippen MR) is 35.2 cm³/mol. The standard InChI is InChI=1S/C6H11NO2/c1-4-5(2)9-6(8)7-3/h4-5H,1H2,2-3H3,(H,7,8). The minimum Gasteiger partial charge on any atom is -0.442 e. The van der Waals surface area contributed by atoms with E-state index in [0.29, 0.717) is 0 Å². The Morgan fingerprint density at radius 1 is 1.89 bits per heavy atom. The SMILES string of the molecule is C=CC(C)OC(=O)NC. The second kappa shape index (κ2) is 3.95. The summed E-state index contributed by atoms with van der Waals surface area (Å²) in [6.07, 6.45) is 0.905. The van der Waals surface area contributed by atoms with E-state index < -0.39 is 6.09 Å². The number of hydrogen-bond donors (Lipinski definition) is 1. The number of nitrogens with one attached hydrogen (secondary N) is 1. The molecule has 0 bridgehead atoms. The van der Waals surface area contributed by atoms with Gasteiger partial charge in [0.1, 0.15) is 6.10 Å². The minimum absolute atomic E-state index is 0.218. The van der Waals surface area contributed by atoms with Gasteiger partial charge < -0.3 is 10.1 Å². The maximum atomic E-state index is 10.4. The van der Waals surface area contributed by atoms with Gasteiger partial charge in [-0.25, -0.2) is 4.79 Å². The van der Waals surface area contributed by atoms with Crippen molar-refractivity contribution in [3.05, 3.63) is 12.7 Å². The first-order valence-electron chi connectivity index (χ1n) is 2.71. The molecule has 0 radical (unpaired) electrons. The second-order valence-corrected chi connectivity index (χ2v) is 1.60. The lowest BCUT2D eigenvalue weighted by atomic mass is 10.4. The summed E-state index contributed by atoms with van der Waals surface area (Å²) in [4.78, 5) is 10.4. The quantitative estimate of drug-likeness (QED) is 0.563. The lowest BCUT2D eigenvalue weighted by Gasteiger charge is -2.06. The largest absolute Gasteiger partial charge is 0.442 e. The van der Waals surface area contributed by atoms with E-state index in [2.05, 4.69) is 16.6 Å². The molecule has 0 aromatic rings. The van der Waals surface area contributed by atoms with Crippen molar-refractivity contribution < 1.29 is 9.53 Å². The highest BCUT2D eigenvalue weighted by Crippen LogP contribution is 1.89. The van der Waals surface area contributed by atoms with Crippen molar-refractivity contribution in [3.63, 3.8) is 0 Å². The van der Waals surface area contributed by atoms with E-state index >= 15 is 0 Å². The highest BCUT2D eigenvalue weighted by molar-refractivity contribution is 5.66. The van der Waals surface area contributed by atoms with E-state index in [1.54, 1.807) is 13.0 Å². The van der Waals surface area contributed by atoms with Crippen LogP contribution in [0.25, 0.3) is 0 Å². The molecule has 0 spiro atoms. The molecule has 9 heavy (non-hydrogen) atoms. The Kier molecular flexibility index (Phi) is 3.51. The fraction of sp³-hybridized carbons (Fsp3) is 0.500. The zero-order valence-electron chi connectivity index (χ0n) is 5.68. The van der Waals surface area contributed by atoms with E-state index in [4.69, 9.17) is 0 Å². The summed E-state index contributed by atoms with van der Waals surface area (Å²) < 4.78 is 4.68. The van der Waals surface area contributed by atoms with E-state index in [-0.39, 0.29) is 6.10 Å². The molecular formula is C6H11NO2. The maximum Gasteiger partial charge on any atom is 0.407 e. The topological polar surface area (TPSA) is 38.3 Å². The van der Waals surface area contributed by atoms with Crippen LogP contribution in [0.2, 0.25) is 0 Å². The van der Waals surface area contributed by atoms with Crippen LogP contribution in [0, 0.1) is 0 Å². The van der Waals surface area contributed by atoms with Gasteiger partial charge in [-0.2, -0.15) is 0 Å². The van der Waals surface area contributed by atoms with Gasteiger partial charge >= 0.3 is 6.09 Å². The van der Waals surface area contributed by atoms with Gasteiger partial charge in [0.15, 0.2) is 0 Å². The number of hydrogen-bond acceptors (Lipinski definition) is 2. The van der Waals surface area contributed by atoms with Crippen LogP contribution in [0.3, 0.4) is 0 Å². The van der Waals surface area contributed by atoms with E-state index in [1.165, 1.54) is 7.05 Å². The van der Waals surface area contributed by atoms with Gasteiger partial charge in [-0.1, -0.05) is 12.7 Å². The first-order chi connectivity index (χ1) is 4.20. The predicted octanol–water partition coefficient (Wildman–Crippen LogP) is 0.917. The summed E-state index contributed by atoms with van der Waals surface area (Å²) in [6, 6.07) is 0. The molecule has 0 rings (SSSR count). The number of carbonyl (C=O) groups excluding carboxylic acids is 1. The number of ether oxygens (including phenoxy) is 1. The third-order valence-electron chi connectivity index (χ3n) is 0.829. The molecule has 0 aliphatic carbocycles. The van der Waals surface area contributed by atoms with Gasteiger partial charge in [-0.05, 0) is 6.92 Å². The Balaban J connectivity index is 3.46. The normalized spacial score (nSPS) is 11.8. The Morgan fingerprint density at radius 3 is 2.78 bits per heavy atom. The van der Waals surface area contributed by atoms with Crippen LogP contribution in [0.5, 0.6) is 0 Å². The van der Waals surface area contributed by atoms with Crippen molar-refractivity contribution in [3.8, 4) is 0 Å². The number of rotatable bonds is 2. The Hall–Kier alpha value is -0.990. The van der Waals surface area contributed by atoms with Crippen LogP contribution < -0.4 is 5.32 Å². The Bertz CT molecular complexity index is 112. The number of carbonyl (C=O) groups is 1. The molecule has 3 nitrogen and oxygen atoms in total. The van der Waals surface area contributed by atoms with Crippen molar-refractivity contribution in [2.24, 2.45) is 0 Å². The summed E-state index contributed by atoms with van der Waals surface area (Å²) in [6.45, 7) is 5.18. The molecule has 0 aromatic carbocycles. The van der Waals surface area contributed by atoms with Crippen LogP contribution in [0.15, 0.2) is 12.7 Å². The summed E-state index contributed by atoms with van der Waals surface area (Å²) >= 11 is 0. The molecule has 0 saturated carbocycles. The van der Waals surface area contributed by atoms with Gasteiger partial charge in [-0.15, -0.1) is 0 Å². The molecule has 3 heteroatoms. The number of alkyl carbamates (subject to hydrolysis) is 1. The third-order valence-corrected chi connectivity index (χ3v) is 0.829. The monoisotopic (exact) mass is 129 g/mol.